The summed E-state index contributed by atoms with van der Waals surface area (Å²) in [6.45, 7) is 3.84. The van der Waals surface area contributed by atoms with Gasteiger partial charge in [0.15, 0.2) is 11.2 Å². The molecule has 5 heterocycles. The van der Waals surface area contributed by atoms with Gasteiger partial charge in [-0.05, 0) is 37.6 Å². The lowest BCUT2D eigenvalue weighted by atomic mass is 9.84. The maximum Gasteiger partial charge on any atom is 0.404 e. The highest BCUT2D eigenvalue weighted by atomic mass is 33.1. The van der Waals surface area contributed by atoms with Crippen molar-refractivity contribution in [3.63, 3.8) is 0 Å². The molecule has 2 aromatic heterocycles. The molecule has 0 bridgehead atoms. The summed E-state index contributed by atoms with van der Waals surface area (Å²) in [7, 11) is 3.12. The second kappa shape index (κ2) is 19.7. The van der Waals surface area contributed by atoms with Gasteiger partial charge in [-0.2, -0.15) is 4.98 Å². The Bertz CT molecular complexity index is 2390. The molecule has 3 aromatic rings. The highest BCUT2D eigenvalue weighted by Crippen LogP contribution is 2.48. The van der Waals surface area contributed by atoms with Gasteiger partial charge in [-0.15, -0.1) is 0 Å². The summed E-state index contributed by atoms with van der Waals surface area (Å²) in [6, 6.07) is 7.05. The molecule has 1 aromatic carbocycles. The lowest BCUT2D eigenvalue weighted by molar-refractivity contribution is -0.122. The molecule has 4 atom stereocenters. The number of nitrogens with zero attached hydrogens (tertiary/aromatic N) is 4. The number of ketones is 2. The molecule has 0 saturated carbocycles. The van der Waals surface area contributed by atoms with E-state index in [1.54, 1.807) is 52.8 Å². The molecule has 1 aliphatic carbocycles. The van der Waals surface area contributed by atoms with E-state index in [1.165, 1.54) is 6.20 Å². The number of nitrogen functional groups attached to an aromatic ring is 1. The van der Waals surface area contributed by atoms with Crippen LogP contribution in [0.2, 0.25) is 0 Å². The number of nitrogens with one attached hydrogen (secondary N) is 7. The number of aromatic amines is 1. The number of aromatic nitrogens is 4. The SMILES string of the molecule is CC1=C(NCCSSCCNC(=O)CCNC(=O)CCCNC(=O)c2ccc(NCc3cnc4nc(N)[nH]c(=O)c4n3)cc2)C(=O)C2=C(C1=O)N1CC3NC3C1[C@@H]2COC(N)=O. The van der Waals surface area contributed by atoms with Crippen LogP contribution in [0.15, 0.2) is 57.8 Å². The Labute approximate surface area is 362 Å². The van der Waals surface area contributed by atoms with Crippen LogP contribution in [0, 0.1) is 5.92 Å². The molecule has 4 aliphatic rings. The van der Waals surface area contributed by atoms with E-state index in [0.29, 0.717) is 72.2 Å². The third kappa shape index (κ3) is 10.3. The monoisotopic (exact) mass is 889 g/mol. The number of fused-ring (bicyclic) bond motifs is 5. The van der Waals surface area contributed by atoms with E-state index in [-0.39, 0.29) is 103 Å². The van der Waals surface area contributed by atoms with Gasteiger partial charge in [0.2, 0.25) is 29.3 Å². The van der Waals surface area contributed by atoms with Crippen LogP contribution in [0.4, 0.5) is 16.4 Å². The number of ether oxygens (including phenoxy) is 1. The van der Waals surface area contributed by atoms with Crippen LogP contribution in [-0.4, -0.2) is 129 Å². The fraction of sp³-hybridized carbons (Fsp3) is 0.436. The summed E-state index contributed by atoms with van der Waals surface area (Å²) in [6.07, 6.45) is 1.30. The first-order valence-corrected chi connectivity index (χ1v) is 22.5. The summed E-state index contributed by atoms with van der Waals surface area (Å²) >= 11 is 0. The number of piperazine rings is 1. The molecule has 3 aliphatic heterocycles. The zero-order valence-electron chi connectivity index (χ0n) is 33.7. The molecular formula is C39H47N13O8S2. The van der Waals surface area contributed by atoms with Crippen molar-refractivity contribution >= 4 is 79.8 Å². The number of benzene rings is 1. The summed E-state index contributed by atoms with van der Waals surface area (Å²) in [4.78, 5) is 105. The third-order valence-corrected chi connectivity index (χ3v) is 13.1. The molecule has 21 nitrogen and oxygen atoms in total. The minimum absolute atomic E-state index is 0.0374. The number of hydrogen-bond acceptors (Lipinski definition) is 18. The molecule has 23 heteroatoms. The molecular weight excluding hydrogens is 843 g/mol. The molecule has 11 N–H and O–H groups in total. The van der Waals surface area contributed by atoms with E-state index in [0.717, 1.165) is 5.69 Å². The van der Waals surface area contributed by atoms with Crippen molar-refractivity contribution in [3.05, 3.63) is 74.6 Å². The van der Waals surface area contributed by atoms with Crippen molar-refractivity contribution in [2.45, 2.75) is 50.9 Å². The molecule has 0 spiro atoms. The number of amides is 4. The van der Waals surface area contributed by atoms with E-state index < -0.39 is 17.6 Å². The Morgan fingerprint density at radius 1 is 0.919 bits per heavy atom. The van der Waals surface area contributed by atoms with Crippen LogP contribution in [0.25, 0.3) is 11.2 Å². The van der Waals surface area contributed by atoms with Crippen LogP contribution in [0.1, 0.15) is 42.2 Å². The number of rotatable bonds is 21. The van der Waals surface area contributed by atoms with Crippen molar-refractivity contribution in [3.8, 4) is 0 Å². The van der Waals surface area contributed by atoms with Gasteiger partial charge in [0.25, 0.3) is 11.5 Å². The molecule has 62 heavy (non-hydrogen) atoms. The summed E-state index contributed by atoms with van der Waals surface area (Å²) < 4.78 is 5.12. The number of carbonyl (C=O) groups excluding carboxylic acids is 6. The second-order valence-corrected chi connectivity index (χ2v) is 17.6. The van der Waals surface area contributed by atoms with Crippen molar-refractivity contribution in [1.29, 1.82) is 0 Å². The van der Waals surface area contributed by atoms with Crippen molar-refractivity contribution in [2.24, 2.45) is 11.7 Å². The number of nitrogens with two attached hydrogens (primary N) is 2. The Morgan fingerprint density at radius 3 is 2.44 bits per heavy atom. The zero-order chi connectivity index (χ0) is 43.9. The van der Waals surface area contributed by atoms with Crippen LogP contribution in [0.5, 0.6) is 0 Å². The third-order valence-electron chi connectivity index (χ3n) is 10.7. The lowest BCUT2D eigenvalue weighted by Gasteiger charge is -2.27. The summed E-state index contributed by atoms with van der Waals surface area (Å²) in [5, 5.41) is 18.0. The van der Waals surface area contributed by atoms with Gasteiger partial charge in [0, 0.05) is 97.5 Å². The number of hydrogen-bond donors (Lipinski definition) is 9. The Hall–Kier alpha value is -6.20. The van der Waals surface area contributed by atoms with Crippen LogP contribution < -0.4 is 48.9 Å². The first-order chi connectivity index (χ1) is 29.9. The minimum Gasteiger partial charge on any atom is -0.449 e. The van der Waals surface area contributed by atoms with Crippen LogP contribution >= 0.6 is 21.6 Å². The van der Waals surface area contributed by atoms with Gasteiger partial charge in [-0.25, -0.2) is 14.8 Å². The minimum atomic E-state index is -0.925. The van der Waals surface area contributed by atoms with E-state index in [9.17, 15) is 33.6 Å². The predicted octanol–water partition coefficient (Wildman–Crippen LogP) is -0.559. The van der Waals surface area contributed by atoms with E-state index in [2.05, 4.69) is 51.8 Å². The van der Waals surface area contributed by atoms with Crippen LogP contribution in [0.3, 0.4) is 0 Å². The number of anilines is 2. The molecule has 328 valence electrons. The normalized spacial score (nSPS) is 19.8. The molecule has 2 fully saturated rings. The summed E-state index contributed by atoms with van der Waals surface area (Å²) in [5.74, 6) is -0.354. The van der Waals surface area contributed by atoms with Gasteiger partial charge < -0.3 is 53.0 Å². The van der Waals surface area contributed by atoms with Crippen molar-refractivity contribution in [2.75, 3.05) is 61.9 Å². The van der Waals surface area contributed by atoms with Gasteiger partial charge in [-0.1, -0.05) is 21.6 Å². The number of carbonyl (C=O) groups is 6. The Kier molecular flexibility index (Phi) is 13.9. The largest absolute Gasteiger partial charge is 0.449 e. The highest BCUT2D eigenvalue weighted by Gasteiger charge is 2.62. The molecule has 7 rings (SSSR count). The molecule has 4 amide bonds. The smallest absolute Gasteiger partial charge is 0.404 e. The molecule has 0 radical (unpaired) electrons. The highest BCUT2D eigenvalue weighted by molar-refractivity contribution is 8.76. The van der Waals surface area contributed by atoms with Gasteiger partial charge >= 0.3 is 6.09 Å². The van der Waals surface area contributed by atoms with E-state index >= 15 is 0 Å². The zero-order valence-corrected chi connectivity index (χ0v) is 35.3. The van der Waals surface area contributed by atoms with Gasteiger partial charge in [0.1, 0.15) is 6.61 Å². The maximum atomic E-state index is 13.7. The average molecular weight is 890 g/mol. The van der Waals surface area contributed by atoms with Gasteiger partial charge in [0.05, 0.1) is 35.9 Å². The lowest BCUT2D eigenvalue weighted by Crippen LogP contribution is -2.40. The number of Topliss-reactive ketones (excluding diaryl/α,β-unsaturated/α-hetero) is 2. The fourth-order valence-electron chi connectivity index (χ4n) is 7.72. The molecule has 2 saturated heterocycles. The number of allylic oxidation sites excluding steroid dienone is 2. The number of primary amides is 1. The number of H-pyrrole nitrogens is 1. The predicted molar refractivity (Wildman–Crippen MR) is 231 cm³/mol. The standard InChI is InChI=1S/C39H47N13O8S2/c1-19-28(34(56)27-23(18-60-39(41)59)31-29-24(49-29)17-52(31)32(27)33(19)55)44-12-14-62-61-13-11-43-26(54)8-10-42-25(53)3-2-9-45-36(57)20-4-6-21(7-5-20)46-15-22-16-47-35-30(48-22)37(58)51-38(40)50-35/h4-7,16,23-24,29,31,44,46,49H,2-3,8-15,17-18H2,1H3,(H2,41,59)(H,42,53)(H,43,54)(H,45,57)(H3,40,47,50,51,58)/t23-,24?,29?,31?/m1/s1. The summed E-state index contributed by atoms with van der Waals surface area (Å²) in [5.41, 5.74) is 13.6. The van der Waals surface area contributed by atoms with Crippen molar-refractivity contribution in [1.82, 2.24) is 51.4 Å². The fourth-order valence-corrected chi connectivity index (χ4v) is 9.54. The van der Waals surface area contributed by atoms with Crippen LogP contribution in [-0.2, 0) is 30.5 Å². The van der Waals surface area contributed by atoms with Gasteiger partial charge in [-0.3, -0.25) is 33.8 Å². The second-order valence-electron chi connectivity index (χ2n) is 14.9. The average Bonchev–Trinajstić information content (AvgIpc) is 3.79. The topological polar surface area (TPSA) is 321 Å². The first-order valence-electron chi connectivity index (χ1n) is 20.0. The van der Waals surface area contributed by atoms with E-state index in [4.69, 9.17) is 16.2 Å². The maximum absolute atomic E-state index is 13.7. The Morgan fingerprint density at radius 2 is 1.66 bits per heavy atom. The Balaban J connectivity index is 0.705. The quantitative estimate of drug-likeness (QED) is 0.0280. The molecule has 3 unspecified atom stereocenters. The first kappa shape index (κ1) is 43.9. The van der Waals surface area contributed by atoms with E-state index in [1.807, 2.05) is 4.90 Å². The van der Waals surface area contributed by atoms with Crippen molar-refractivity contribution < 1.29 is 33.5 Å².